The smallest absolute Gasteiger partial charge is 0.386 e. The Hall–Kier alpha value is -2.71. The first-order valence-corrected chi connectivity index (χ1v) is 45.9. The Morgan fingerprint density at radius 2 is 0.337 bits per heavy atom. The first-order chi connectivity index (χ1) is 48.4. The molecule has 3 rings (SSSR count). The van der Waals surface area contributed by atoms with Crippen molar-refractivity contribution in [2.75, 3.05) is 0 Å². The number of phosphoric acid groups is 1. The van der Waals surface area contributed by atoms with E-state index < -0.39 is 7.82 Å². The monoisotopic (exact) mass is 1380 g/mol. The lowest BCUT2D eigenvalue weighted by atomic mass is 9.99. The number of rotatable bonds is 75. The number of phosphoric ester groups is 1. The van der Waals surface area contributed by atoms with E-state index in [9.17, 15) is 0 Å². The minimum atomic E-state index is -4.35. The molecule has 5 heteroatoms. The molecule has 98 heavy (non-hydrogen) atoms. The molecule has 0 aromatic heterocycles. The third-order valence-corrected chi connectivity index (χ3v) is 22.9. The van der Waals surface area contributed by atoms with Gasteiger partial charge in [-0.05, 0) is 129 Å². The summed E-state index contributed by atoms with van der Waals surface area (Å²) in [5.41, 5.74) is 7.54. The predicted octanol–water partition coefficient (Wildman–Crippen LogP) is 33.3. The van der Waals surface area contributed by atoms with Crippen molar-refractivity contribution in [1.29, 1.82) is 0 Å². The summed E-state index contributed by atoms with van der Waals surface area (Å²) < 4.78 is 37.9. The molecule has 0 radical (unpaired) electrons. The number of hydrogen-bond donors (Lipinski definition) is 0. The van der Waals surface area contributed by atoms with Crippen LogP contribution >= 0.6 is 7.82 Å². The molecule has 3 aromatic rings. The minimum absolute atomic E-state index is 0.666. The van der Waals surface area contributed by atoms with Gasteiger partial charge >= 0.3 is 7.82 Å². The van der Waals surface area contributed by atoms with E-state index >= 15 is 4.57 Å². The van der Waals surface area contributed by atoms with E-state index in [4.69, 9.17) is 13.6 Å². The maximum atomic E-state index is 16.5. The number of aryl methyl sites for hydroxylation is 6. The predicted molar refractivity (Wildman–Crippen MR) is 436 cm³/mol. The minimum Gasteiger partial charge on any atom is -0.386 e. The molecule has 0 aliphatic rings. The molecule has 0 aliphatic heterocycles. The average Bonchev–Trinajstić information content (AvgIpc) is 0.802. The molecule has 0 amide bonds. The lowest BCUT2D eigenvalue weighted by Crippen LogP contribution is -2.11. The van der Waals surface area contributed by atoms with Crippen LogP contribution in [0.25, 0.3) is 0 Å². The Morgan fingerprint density at radius 1 is 0.194 bits per heavy atom. The molecule has 0 fully saturated rings. The maximum Gasteiger partial charge on any atom is 0.647 e. The summed E-state index contributed by atoms with van der Waals surface area (Å²) >= 11 is 0. The van der Waals surface area contributed by atoms with Gasteiger partial charge in [0, 0.05) is 0 Å². The van der Waals surface area contributed by atoms with Crippen LogP contribution in [0.4, 0.5) is 0 Å². The van der Waals surface area contributed by atoms with Crippen molar-refractivity contribution >= 4 is 7.82 Å². The zero-order chi connectivity index (χ0) is 70.0. The zero-order valence-electron chi connectivity index (χ0n) is 66.6. The van der Waals surface area contributed by atoms with Gasteiger partial charge in [0.1, 0.15) is 17.2 Å². The van der Waals surface area contributed by atoms with Gasteiger partial charge < -0.3 is 13.6 Å². The summed E-state index contributed by atoms with van der Waals surface area (Å²) in [6, 6.07) is 20.4. The van der Waals surface area contributed by atoms with Crippen LogP contribution in [0.3, 0.4) is 0 Å². The molecule has 4 nitrogen and oxygen atoms in total. The van der Waals surface area contributed by atoms with E-state index in [1.807, 2.05) is 0 Å². The molecule has 0 unspecified atom stereocenters. The van der Waals surface area contributed by atoms with Gasteiger partial charge in [-0.1, -0.05) is 444 Å². The highest BCUT2D eigenvalue weighted by atomic mass is 31.2. The second-order valence-electron chi connectivity index (χ2n) is 31.2. The van der Waals surface area contributed by atoms with Crippen LogP contribution in [0.2, 0.25) is 0 Å². The Bertz CT molecular complexity index is 2000. The van der Waals surface area contributed by atoms with Crippen LogP contribution in [0.15, 0.2) is 54.6 Å². The molecule has 0 saturated carbocycles. The number of hydrogen-bond acceptors (Lipinski definition) is 4. The molecular formula is C93H165O4P. The van der Waals surface area contributed by atoms with Crippen LogP contribution in [0, 0.1) is 0 Å². The fourth-order valence-corrected chi connectivity index (χ4v) is 16.4. The van der Waals surface area contributed by atoms with Gasteiger partial charge in [-0.2, -0.15) is 4.57 Å². The van der Waals surface area contributed by atoms with Gasteiger partial charge in [0.2, 0.25) is 0 Å². The van der Waals surface area contributed by atoms with Gasteiger partial charge in [0.25, 0.3) is 0 Å². The van der Waals surface area contributed by atoms with Crippen molar-refractivity contribution in [2.24, 2.45) is 0 Å². The molecule has 566 valence electrons. The summed E-state index contributed by atoms with van der Waals surface area (Å²) in [6.07, 6.45) is 89.5. The van der Waals surface area contributed by atoms with Gasteiger partial charge in [-0.15, -0.1) is 0 Å². The Morgan fingerprint density at radius 3 is 0.500 bits per heavy atom. The van der Waals surface area contributed by atoms with Crippen molar-refractivity contribution in [3.8, 4) is 17.2 Å². The zero-order valence-corrected chi connectivity index (χ0v) is 67.5. The Balaban J connectivity index is 1.99. The van der Waals surface area contributed by atoms with Crippen molar-refractivity contribution in [3.63, 3.8) is 0 Å². The normalized spacial score (nSPS) is 11.8. The van der Waals surface area contributed by atoms with E-state index in [-0.39, 0.29) is 0 Å². The van der Waals surface area contributed by atoms with Gasteiger partial charge in [0.15, 0.2) is 0 Å². The Labute approximate surface area is 612 Å². The molecule has 0 atom stereocenters. The molecule has 0 bridgehead atoms. The first-order valence-electron chi connectivity index (χ1n) is 44.4. The van der Waals surface area contributed by atoms with E-state index in [1.54, 1.807) is 0 Å². The standard InChI is InChI=1S/C93H165O4P/c1-7-13-19-25-31-34-37-40-43-46-49-55-61-67-73-88-82-85(70-64-58-52-28-22-16-10-4)76-79-91(88)95-98(94,96-92-80-77-86(71-65-59-53-29-23-17-11-5)83-89(92)74-68-62-56-50-47-44-41-38-35-32-26-20-14-8-2)97-93-81-78-87(72-66-60-54-30-24-18-12-6)84-90(93)75-69-63-57-51-48-45-42-39-36-33-27-21-15-9-3/h76-84H,7-75H2,1-6H3. The lowest BCUT2D eigenvalue weighted by molar-refractivity contribution is 0.295. The van der Waals surface area contributed by atoms with E-state index in [0.29, 0.717) is 17.2 Å². The summed E-state index contributed by atoms with van der Waals surface area (Å²) in [4.78, 5) is 0. The van der Waals surface area contributed by atoms with Crippen LogP contribution in [-0.2, 0) is 43.1 Å². The summed E-state index contributed by atoms with van der Waals surface area (Å²) in [5, 5.41) is 0. The summed E-state index contributed by atoms with van der Waals surface area (Å²) in [7, 11) is -4.35. The molecule has 3 aromatic carbocycles. The lowest BCUT2D eigenvalue weighted by Gasteiger charge is -2.24. The van der Waals surface area contributed by atoms with E-state index in [1.165, 1.54) is 402 Å². The van der Waals surface area contributed by atoms with E-state index in [2.05, 4.69) is 96.1 Å². The Kier molecular flexibility index (Phi) is 60.5. The first kappa shape index (κ1) is 89.5. The van der Waals surface area contributed by atoms with Gasteiger partial charge in [-0.25, -0.2) is 0 Å². The fraction of sp³-hybridized carbons (Fsp3) is 0.806. The van der Waals surface area contributed by atoms with Crippen molar-refractivity contribution < 1.29 is 18.1 Å². The summed E-state index contributed by atoms with van der Waals surface area (Å²) in [6.45, 7) is 13.9. The maximum absolute atomic E-state index is 16.5. The molecule has 0 N–H and O–H groups in total. The molecule has 0 heterocycles. The quantitative estimate of drug-likeness (QED) is 0.0417. The molecule has 0 aliphatic carbocycles. The summed E-state index contributed by atoms with van der Waals surface area (Å²) in [5.74, 6) is 2.00. The van der Waals surface area contributed by atoms with Crippen LogP contribution in [-0.4, -0.2) is 0 Å². The van der Waals surface area contributed by atoms with Crippen molar-refractivity contribution in [3.05, 3.63) is 88.0 Å². The largest absolute Gasteiger partial charge is 0.647 e. The third-order valence-electron chi connectivity index (χ3n) is 21.6. The number of unbranched alkanes of at least 4 members (excludes halogenated alkanes) is 57. The fourth-order valence-electron chi connectivity index (χ4n) is 15.0. The highest BCUT2D eigenvalue weighted by Gasteiger charge is 2.36. The molecule has 0 saturated heterocycles. The number of benzene rings is 3. The topological polar surface area (TPSA) is 44.8 Å². The second kappa shape index (κ2) is 66.3. The highest BCUT2D eigenvalue weighted by Crippen LogP contribution is 2.52. The van der Waals surface area contributed by atoms with Crippen molar-refractivity contribution in [2.45, 2.75) is 485 Å². The molecular weight excluding hydrogens is 1210 g/mol. The van der Waals surface area contributed by atoms with Crippen LogP contribution in [0.5, 0.6) is 17.2 Å². The van der Waals surface area contributed by atoms with Gasteiger partial charge in [-0.3, -0.25) is 0 Å². The third kappa shape index (κ3) is 49.8. The van der Waals surface area contributed by atoms with Crippen LogP contribution < -0.4 is 13.6 Å². The van der Waals surface area contributed by atoms with Gasteiger partial charge in [0.05, 0.1) is 0 Å². The second-order valence-corrected chi connectivity index (χ2v) is 32.6. The average molecular weight is 1380 g/mol. The van der Waals surface area contributed by atoms with E-state index in [0.717, 1.165) is 74.5 Å². The molecule has 0 spiro atoms. The van der Waals surface area contributed by atoms with Crippen molar-refractivity contribution in [1.82, 2.24) is 0 Å². The SMILES string of the molecule is CCCCCCCCCCCCCCCCc1cc(CCCCCCCCC)ccc1OP(=O)(Oc1ccc(CCCCCCCCC)cc1CCCCCCCCCCCCCCCC)Oc1ccc(CCCCCCCCC)cc1CCCCCCCCCCCCCCCC. The van der Waals surface area contributed by atoms with Crippen LogP contribution in [0.1, 0.15) is 479 Å². The highest BCUT2D eigenvalue weighted by molar-refractivity contribution is 7.49.